The van der Waals surface area contributed by atoms with Crippen LogP contribution in [0.1, 0.15) is 16.6 Å². The molecule has 1 aliphatic heterocycles. The lowest BCUT2D eigenvalue weighted by molar-refractivity contribution is -0.135. The summed E-state index contributed by atoms with van der Waals surface area (Å²) in [5, 5.41) is 2.50. The van der Waals surface area contributed by atoms with Gasteiger partial charge in [0, 0.05) is 13.1 Å². The third-order valence-electron chi connectivity index (χ3n) is 2.53. The van der Waals surface area contributed by atoms with Crippen LogP contribution < -0.4 is 5.32 Å². The van der Waals surface area contributed by atoms with E-state index in [0.717, 1.165) is 16.2 Å². The smallest absolute Gasteiger partial charge is 0.349 e. The predicted octanol–water partition coefficient (Wildman–Crippen LogP) is 1.50. The average molecular weight is 303 g/mol. The number of halogens is 1. The molecular formula is C11H11ClN2O4S. The minimum atomic E-state index is -1.02. The third kappa shape index (κ3) is 3.05. The van der Waals surface area contributed by atoms with Crippen molar-refractivity contribution in [3.8, 4) is 0 Å². The highest BCUT2D eigenvalue weighted by atomic mass is 35.5. The van der Waals surface area contributed by atoms with E-state index in [0.29, 0.717) is 15.8 Å². The molecule has 1 fully saturated rings. The second-order valence-electron chi connectivity index (χ2n) is 3.87. The molecule has 19 heavy (non-hydrogen) atoms. The van der Waals surface area contributed by atoms with Crippen LogP contribution in [0.25, 0.3) is 0 Å². The van der Waals surface area contributed by atoms with E-state index in [1.807, 2.05) is 0 Å². The number of esters is 1. The Labute approximate surface area is 118 Å². The van der Waals surface area contributed by atoms with Gasteiger partial charge in [-0.3, -0.25) is 9.69 Å². The van der Waals surface area contributed by atoms with Gasteiger partial charge in [0.25, 0.3) is 5.91 Å². The minimum Gasteiger partial charge on any atom is -0.448 e. The van der Waals surface area contributed by atoms with Crippen LogP contribution >= 0.6 is 22.9 Å². The number of carbonyl (C=O) groups is 3. The molecule has 0 spiro atoms. The highest BCUT2D eigenvalue weighted by Crippen LogP contribution is 2.22. The first-order chi connectivity index (χ1) is 8.99. The van der Waals surface area contributed by atoms with Gasteiger partial charge in [0.05, 0.1) is 4.34 Å². The van der Waals surface area contributed by atoms with Crippen molar-refractivity contribution in [3.63, 3.8) is 0 Å². The van der Waals surface area contributed by atoms with Crippen LogP contribution in [-0.4, -0.2) is 42.0 Å². The quantitative estimate of drug-likeness (QED) is 0.859. The lowest BCUT2D eigenvalue weighted by Gasteiger charge is -2.17. The van der Waals surface area contributed by atoms with Gasteiger partial charge in [0.15, 0.2) is 6.10 Å². The maximum atomic E-state index is 11.9. The molecule has 1 aromatic rings. The Hall–Kier alpha value is -1.60. The summed E-state index contributed by atoms with van der Waals surface area (Å²) in [4.78, 5) is 36.3. The Kier molecular flexibility index (Phi) is 4.06. The second kappa shape index (κ2) is 5.58. The number of carbonyl (C=O) groups excluding carboxylic acids is 3. The SMILES string of the molecule is CC(OC(=O)c1ccc(Cl)s1)C(=O)N1CCNC1=O. The molecule has 0 aromatic carbocycles. The molecule has 2 heterocycles. The third-order valence-corrected chi connectivity index (χ3v) is 3.74. The Bertz CT molecular complexity index is 531. The summed E-state index contributed by atoms with van der Waals surface area (Å²) in [6.45, 7) is 2.12. The predicted molar refractivity (Wildman–Crippen MR) is 69.3 cm³/mol. The first-order valence-corrected chi connectivity index (χ1v) is 6.74. The van der Waals surface area contributed by atoms with E-state index in [1.165, 1.54) is 13.0 Å². The molecule has 6 nitrogen and oxygen atoms in total. The zero-order valence-corrected chi connectivity index (χ0v) is 11.6. The van der Waals surface area contributed by atoms with Crippen molar-refractivity contribution in [3.05, 3.63) is 21.3 Å². The second-order valence-corrected chi connectivity index (χ2v) is 5.59. The summed E-state index contributed by atoms with van der Waals surface area (Å²) >= 11 is 6.78. The van der Waals surface area contributed by atoms with E-state index in [9.17, 15) is 14.4 Å². The van der Waals surface area contributed by atoms with Gasteiger partial charge in [-0.2, -0.15) is 0 Å². The van der Waals surface area contributed by atoms with E-state index in [4.69, 9.17) is 16.3 Å². The van der Waals surface area contributed by atoms with E-state index in [1.54, 1.807) is 6.07 Å². The molecule has 1 N–H and O–H groups in total. The molecule has 102 valence electrons. The van der Waals surface area contributed by atoms with Crippen LogP contribution in [0.3, 0.4) is 0 Å². The Morgan fingerprint density at radius 2 is 2.26 bits per heavy atom. The topological polar surface area (TPSA) is 75.7 Å². The fourth-order valence-electron chi connectivity index (χ4n) is 1.59. The monoisotopic (exact) mass is 302 g/mol. The lowest BCUT2D eigenvalue weighted by Crippen LogP contribution is -2.41. The van der Waals surface area contributed by atoms with Gasteiger partial charge in [0.1, 0.15) is 4.88 Å². The summed E-state index contributed by atoms with van der Waals surface area (Å²) in [7, 11) is 0. The largest absolute Gasteiger partial charge is 0.448 e. The summed E-state index contributed by atoms with van der Waals surface area (Å²) in [6, 6.07) is 2.63. The number of nitrogens with one attached hydrogen (secondary N) is 1. The molecule has 1 saturated heterocycles. The Balaban J connectivity index is 1.97. The zero-order chi connectivity index (χ0) is 14.0. The summed E-state index contributed by atoms with van der Waals surface area (Å²) < 4.78 is 5.48. The van der Waals surface area contributed by atoms with E-state index < -0.39 is 24.0 Å². The van der Waals surface area contributed by atoms with Crippen LogP contribution in [-0.2, 0) is 9.53 Å². The van der Waals surface area contributed by atoms with Crippen LogP contribution in [0.2, 0.25) is 4.34 Å². The number of amides is 3. The molecule has 0 saturated carbocycles. The van der Waals surface area contributed by atoms with Gasteiger partial charge in [-0.15, -0.1) is 11.3 Å². The average Bonchev–Trinajstić information content (AvgIpc) is 2.97. The molecule has 1 aromatic heterocycles. The van der Waals surface area contributed by atoms with E-state index >= 15 is 0 Å². The highest BCUT2D eigenvalue weighted by molar-refractivity contribution is 7.17. The minimum absolute atomic E-state index is 0.282. The zero-order valence-electron chi connectivity index (χ0n) is 10.0. The molecule has 1 aliphatic rings. The summed E-state index contributed by atoms with van der Waals surface area (Å²) in [5.74, 6) is -1.16. The van der Waals surface area contributed by atoms with Crippen molar-refractivity contribution in [2.75, 3.05) is 13.1 Å². The number of hydrogen-bond donors (Lipinski definition) is 1. The first-order valence-electron chi connectivity index (χ1n) is 5.54. The molecule has 0 radical (unpaired) electrons. The fraction of sp³-hybridized carbons (Fsp3) is 0.364. The van der Waals surface area contributed by atoms with Crippen molar-refractivity contribution in [2.45, 2.75) is 13.0 Å². The molecule has 3 amide bonds. The normalized spacial score (nSPS) is 16.1. The standard InChI is InChI=1S/C11H11ClN2O4S/c1-6(9(15)14-5-4-13-11(14)17)18-10(16)7-2-3-8(12)19-7/h2-3,6H,4-5H2,1H3,(H,13,17). The number of nitrogens with zero attached hydrogens (tertiary/aromatic N) is 1. The lowest BCUT2D eigenvalue weighted by atomic mass is 10.3. The summed E-state index contributed by atoms with van der Waals surface area (Å²) in [5.41, 5.74) is 0. The van der Waals surface area contributed by atoms with Gasteiger partial charge < -0.3 is 10.1 Å². The molecular weight excluding hydrogens is 292 g/mol. The molecule has 8 heteroatoms. The molecule has 1 atom stereocenters. The number of hydrogen-bond acceptors (Lipinski definition) is 5. The van der Waals surface area contributed by atoms with Gasteiger partial charge in [-0.05, 0) is 19.1 Å². The molecule has 1 unspecified atom stereocenters. The van der Waals surface area contributed by atoms with E-state index in [2.05, 4.69) is 5.32 Å². The Morgan fingerprint density at radius 1 is 1.53 bits per heavy atom. The molecule has 0 aliphatic carbocycles. The van der Waals surface area contributed by atoms with Crippen molar-refractivity contribution < 1.29 is 19.1 Å². The van der Waals surface area contributed by atoms with Crippen molar-refractivity contribution >= 4 is 40.8 Å². The van der Waals surface area contributed by atoms with Crippen LogP contribution in [0.4, 0.5) is 4.79 Å². The van der Waals surface area contributed by atoms with Gasteiger partial charge >= 0.3 is 12.0 Å². The first kappa shape index (κ1) is 13.8. The van der Waals surface area contributed by atoms with Crippen molar-refractivity contribution in [2.24, 2.45) is 0 Å². The van der Waals surface area contributed by atoms with Gasteiger partial charge in [-0.1, -0.05) is 11.6 Å². The van der Waals surface area contributed by atoms with E-state index in [-0.39, 0.29) is 6.54 Å². The number of ether oxygens (including phenoxy) is 1. The Morgan fingerprint density at radius 3 is 2.79 bits per heavy atom. The number of imide groups is 1. The van der Waals surface area contributed by atoms with Crippen LogP contribution in [0.5, 0.6) is 0 Å². The molecule has 2 rings (SSSR count). The van der Waals surface area contributed by atoms with Crippen molar-refractivity contribution in [1.29, 1.82) is 0 Å². The highest BCUT2D eigenvalue weighted by Gasteiger charge is 2.31. The summed E-state index contributed by atoms with van der Waals surface area (Å²) in [6.07, 6.45) is -1.02. The number of urea groups is 1. The van der Waals surface area contributed by atoms with Gasteiger partial charge in [-0.25, -0.2) is 9.59 Å². The number of thiophene rings is 1. The van der Waals surface area contributed by atoms with Crippen LogP contribution in [0.15, 0.2) is 12.1 Å². The van der Waals surface area contributed by atoms with Crippen molar-refractivity contribution in [1.82, 2.24) is 10.2 Å². The number of rotatable bonds is 3. The maximum absolute atomic E-state index is 11.9. The fourth-order valence-corrected chi connectivity index (χ4v) is 2.52. The maximum Gasteiger partial charge on any atom is 0.349 e. The van der Waals surface area contributed by atoms with Crippen LogP contribution in [0, 0.1) is 0 Å². The van der Waals surface area contributed by atoms with Gasteiger partial charge in [0.2, 0.25) is 0 Å². The molecule has 0 bridgehead atoms.